The normalized spacial score (nSPS) is 10.4. The van der Waals surface area contributed by atoms with Crippen LogP contribution in [0.2, 0.25) is 0 Å². The van der Waals surface area contributed by atoms with E-state index in [0.29, 0.717) is 34.2 Å². The minimum Gasteiger partial charge on any atom is -0.497 e. The number of ether oxygens (including phenoxy) is 3. The number of nitrogens with one attached hydrogen (secondary N) is 3. The summed E-state index contributed by atoms with van der Waals surface area (Å²) in [6.07, 6.45) is 1.31. The molecular weight excluding hydrogens is 471 g/mol. The van der Waals surface area contributed by atoms with E-state index in [9.17, 15) is 18.8 Å². The van der Waals surface area contributed by atoms with Crippen molar-refractivity contribution in [2.24, 2.45) is 5.10 Å². The Morgan fingerprint density at radius 3 is 2.36 bits per heavy atom. The van der Waals surface area contributed by atoms with Crippen molar-refractivity contribution < 1.29 is 33.0 Å². The average molecular weight is 494 g/mol. The van der Waals surface area contributed by atoms with Crippen LogP contribution in [0.4, 0.5) is 15.8 Å². The maximum Gasteiger partial charge on any atom is 0.329 e. The molecule has 11 heteroatoms. The van der Waals surface area contributed by atoms with Gasteiger partial charge in [-0.2, -0.15) is 5.10 Å². The highest BCUT2D eigenvalue weighted by Crippen LogP contribution is 2.27. The van der Waals surface area contributed by atoms with E-state index in [1.165, 1.54) is 44.7 Å². The van der Waals surface area contributed by atoms with Gasteiger partial charge >= 0.3 is 11.8 Å². The van der Waals surface area contributed by atoms with Crippen molar-refractivity contribution in [2.45, 2.75) is 0 Å². The molecule has 0 saturated carbocycles. The van der Waals surface area contributed by atoms with Crippen LogP contribution in [-0.4, -0.2) is 44.8 Å². The van der Waals surface area contributed by atoms with Crippen LogP contribution in [0.1, 0.15) is 5.56 Å². The largest absolute Gasteiger partial charge is 0.497 e. The molecule has 0 aromatic heterocycles. The first-order chi connectivity index (χ1) is 17.4. The van der Waals surface area contributed by atoms with Gasteiger partial charge in [0.25, 0.3) is 5.91 Å². The van der Waals surface area contributed by atoms with Crippen molar-refractivity contribution in [3.8, 4) is 17.2 Å². The number of amides is 3. The molecule has 10 nitrogen and oxygen atoms in total. The van der Waals surface area contributed by atoms with Gasteiger partial charge in [0.2, 0.25) is 0 Å². The molecule has 0 heterocycles. The van der Waals surface area contributed by atoms with Crippen LogP contribution in [0.15, 0.2) is 71.8 Å². The van der Waals surface area contributed by atoms with Gasteiger partial charge in [-0.15, -0.1) is 0 Å². The first-order valence-electron chi connectivity index (χ1n) is 10.5. The van der Waals surface area contributed by atoms with Crippen LogP contribution in [-0.2, 0) is 14.4 Å². The molecule has 0 unspecified atom stereocenters. The molecule has 0 spiro atoms. The summed E-state index contributed by atoms with van der Waals surface area (Å²) in [5.41, 5.74) is 3.50. The topological polar surface area (TPSA) is 127 Å². The maximum atomic E-state index is 13.0. The molecule has 0 aliphatic rings. The SMILES string of the molecule is COc1cccc(NC(=O)C(=O)N/N=C\c2ccc(OCC(=O)Nc3ccc(F)cc3)c(OC)c2)c1. The molecule has 0 saturated heterocycles. The van der Waals surface area contributed by atoms with E-state index >= 15 is 0 Å². The fraction of sp³-hybridized carbons (Fsp3) is 0.120. The molecule has 186 valence electrons. The summed E-state index contributed by atoms with van der Waals surface area (Å²) < 4.78 is 28.8. The van der Waals surface area contributed by atoms with Crippen molar-refractivity contribution in [1.29, 1.82) is 0 Å². The molecule has 0 aliphatic carbocycles. The Bertz CT molecular complexity index is 1260. The van der Waals surface area contributed by atoms with E-state index in [0.717, 1.165) is 0 Å². The zero-order valence-electron chi connectivity index (χ0n) is 19.4. The Morgan fingerprint density at radius 2 is 1.64 bits per heavy atom. The minimum absolute atomic E-state index is 0.297. The van der Waals surface area contributed by atoms with E-state index in [4.69, 9.17) is 14.2 Å². The van der Waals surface area contributed by atoms with Crippen molar-refractivity contribution in [3.05, 3.63) is 78.1 Å². The molecule has 0 atom stereocenters. The predicted octanol–water partition coefficient (Wildman–Crippen LogP) is 2.95. The lowest BCUT2D eigenvalue weighted by Gasteiger charge is -2.11. The number of benzene rings is 3. The summed E-state index contributed by atoms with van der Waals surface area (Å²) in [6, 6.07) is 16.6. The third-order valence-electron chi connectivity index (χ3n) is 4.59. The van der Waals surface area contributed by atoms with Crippen LogP contribution in [0.25, 0.3) is 0 Å². The second kappa shape index (κ2) is 12.5. The number of hydrogen-bond donors (Lipinski definition) is 3. The molecule has 3 rings (SSSR count). The fourth-order valence-electron chi connectivity index (χ4n) is 2.86. The summed E-state index contributed by atoms with van der Waals surface area (Å²) in [5, 5.41) is 8.80. The molecular formula is C25H23FN4O6. The molecule has 3 amide bonds. The second-order valence-electron chi connectivity index (χ2n) is 7.14. The molecule has 3 N–H and O–H groups in total. The predicted molar refractivity (Wildman–Crippen MR) is 131 cm³/mol. The Kier molecular flexibility index (Phi) is 8.93. The van der Waals surface area contributed by atoms with Gasteiger partial charge in [-0.3, -0.25) is 14.4 Å². The molecule has 0 radical (unpaired) electrons. The van der Waals surface area contributed by atoms with Crippen LogP contribution in [0.5, 0.6) is 17.2 Å². The number of nitrogens with zero attached hydrogens (tertiary/aromatic N) is 1. The molecule has 0 aliphatic heterocycles. The van der Waals surface area contributed by atoms with Gasteiger partial charge in [0.1, 0.15) is 11.6 Å². The van der Waals surface area contributed by atoms with Crippen LogP contribution in [0, 0.1) is 5.82 Å². The third kappa shape index (κ3) is 7.55. The van der Waals surface area contributed by atoms with Crippen molar-refractivity contribution in [3.63, 3.8) is 0 Å². The highest BCUT2D eigenvalue weighted by molar-refractivity contribution is 6.39. The van der Waals surface area contributed by atoms with E-state index in [2.05, 4.69) is 21.2 Å². The van der Waals surface area contributed by atoms with E-state index in [1.54, 1.807) is 42.5 Å². The first kappa shape index (κ1) is 25.7. The standard InChI is InChI=1S/C25H23FN4O6/c1-34-20-5-3-4-19(13-20)29-24(32)25(33)30-27-14-16-6-11-21(22(12-16)35-2)36-15-23(31)28-18-9-7-17(26)8-10-18/h3-14H,15H2,1-2H3,(H,28,31)(H,29,32)(H,30,33)/b27-14-. The molecule has 0 bridgehead atoms. The summed E-state index contributed by atoms with van der Waals surface area (Å²) >= 11 is 0. The van der Waals surface area contributed by atoms with Crippen molar-refractivity contribution in [2.75, 3.05) is 31.5 Å². The molecule has 36 heavy (non-hydrogen) atoms. The monoisotopic (exact) mass is 494 g/mol. The van der Waals surface area contributed by atoms with Gasteiger partial charge in [0.15, 0.2) is 18.1 Å². The number of halogens is 1. The lowest BCUT2D eigenvalue weighted by atomic mass is 10.2. The van der Waals surface area contributed by atoms with Crippen LogP contribution < -0.4 is 30.3 Å². The first-order valence-corrected chi connectivity index (χ1v) is 10.5. The Morgan fingerprint density at radius 1 is 0.861 bits per heavy atom. The fourth-order valence-corrected chi connectivity index (χ4v) is 2.86. The van der Waals surface area contributed by atoms with Crippen molar-refractivity contribution in [1.82, 2.24) is 5.43 Å². The molecule has 3 aromatic rings. The lowest BCUT2D eigenvalue weighted by Crippen LogP contribution is -2.32. The number of hydrazone groups is 1. The quantitative estimate of drug-likeness (QED) is 0.239. The number of rotatable bonds is 9. The van der Waals surface area contributed by atoms with E-state index in [-0.39, 0.29) is 6.61 Å². The number of hydrogen-bond acceptors (Lipinski definition) is 7. The number of carbonyl (C=O) groups is 3. The lowest BCUT2D eigenvalue weighted by molar-refractivity contribution is -0.136. The highest BCUT2D eigenvalue weighted by Gasteiger charge is 2.13. The number of carbonyl (C=O) groups excluding carboxylic acids is 3. The number of methoxy groups -OCH3 is 2. The highest BCUT2D eigenvalue weighted by atomic mass is 19.1. The third-order valence-corrected chi connectivity index (χ3v) is 4.59. The van der Waals surface area contributed by atoms with E-state index in [1.807, 2.05) is 0 Å². The van der Waals surface area contributed by atoms with Gasteiger partial charge < -0.3 is 24.8 Å². The Balaban J connectivity index is 1.52. The summed E-state index contributed by atoms with van der Waals surface area (Å²) in [6.45, 7) is -0.306. The smallest absolute Gasteiger partial charge is 0.329 e. The zero-order chi connectivity index (χ0) is 25.9. The van der Waals surface area contributed by atoms with E-state index < -0.39 is 23.5 Å². The molecule has 3 aromatic carbocycles. The zero-order valence-corrected chi connectivity index (χ0v) is 19.4. The summed E-state index contributed by atoms with van der Waals surface area (Å²) in [4.78, 5) is 36.1. The van der Waals surface area contributed by atoms with Crippen molar-refractivity contribution >= 4 is 35.3 Å². The number of anilines is 2. The Hall–Kier alpha value is -4.93. The van der Waals surface area contributed by atoms with Gasteiger partial charge in [-0.25, -0.2) is 9.82 Å². The maximum absolute atomic E-state index is 13.0. The van der Waals surface area contributed by atoms with Gasteiger partial charge in [0, 0.05) is 17.4 Å². The summed E-state index contributed by atoms with van der Waals surface area (Å²) in [7, 11) is 2.91. The van der Waals surface area contributed by atoms with Gasteiger partial charge in [-0.1, -0.05) is 6.07 Å². The van der Waals surface area contributed by atoms with Gasteiger partial charge in [0.05, 0.1) is 20.4 Å². The van der Waals surface area contributed by atoms with Crippen LogP contribution in [0.3, 0.4) is 0 Å². The average Bonchev–Trinajstić information content (AvgIpc) is 2.89. The Labute approximate surface area is 206 Å². The molecule has 0 fully saturated rings. The minimum atomic E-state index is -0.965. The van der Waals surface area contributed by atoms with Gasteiger partial charge in [-0.05, 0) is 60.2 Å². The second-order valence-corrected chi connectivity index (χ2v) is 7.14. The van der Waals surface area contributed by atoms with Crippen LogP contribution >= 0.6 is 0 Å². The summed E-state index contributed by atoms with van der Waals surface area (Å²) in [5.74, 6) is -1.57.